The number of rotatable bonds is 4. The summed E-state index contributed by atoms with van der Waals surface area (Å²) in [6.45, 7) is 0.0394. The number of nitrogens with zero attached hydrogens (tertiary/aromatic N) is 2. The van der Waals surface area contributed by atoms with Crippen molar-refractivity contribution in [1.29, 1.82) is 0 Å². The molecule has 59 heavy (non-hydrogen) atoms. The lowest BCUT2D eigenvalue weighted by Gasteiger charge is -2.43. The Bertz CT molecular complexity index is 3480. The number of anilines is 6. The Hall–Kier alpha value is -6.92. The minimum Gasteiger partial charge on any atom is -0.309 e. The quantitative estimate of drug-likeness (QED) is 0.164. The minimum absolute atomic E-state index is 0.0394. The van der Waals surface area contributed by atoms with E-state index in [2.05, 4.69) is 210 Å². The molecule has 0 fully saturated rings. The van der Waals surface area contributed by atoms with Gasteiger partial charge < -0.3 is 9.80 Å². The van der Waals surface area contributed by atoms with Crippen LogP contribution in [0.25, 0.3) is 64.0 Å². The van der Waals surface area contributed by atoms with Crippen LogP contribution in [0.1, 0.15) is 0 Å². The lowest BCUT2D eigenvalue weighted by molar-refractivity contribution is 1.29. The van der Waals surface area contributed by atoms with Crippen LogP contribution in [0, 0.1) is 0 Å². The number of thiophene rings is 2. The van der Waals surface area contributed by atoms with Gasteiger partial charge in [-0.3, -0.25) is 0 Å². The molecule has 0 spiro atoms. The molecule has 0 saturated heterocycles. The average Bonchev–Trinajstić information content (AvgIpc) is 3.88. The van der Waals surface area contributed by atoms with Crippen LogP contribution in [0.4, 0.5) is 33.4 Å². The Morgan fingerprint density at radius 3 is 1.46 bits per heavy atom. The van der Waals surface area contributed by atoms with Gasteiger partial charge in [0.15, 0.2) is 0 Å². The Morgan fingerprint density at radius 1 is 0.339 bits per heavy atom. The molecule has 2 aliphatic rings. The molecule has 0 bridgehead atoms. The molecule has 2 nitrogen and oxygen atoms in total. The zero-order chi connectivity index (χ0) is 38.6. The highest BCUT2D eigenvalue weighted by Crippen LogP contribution is 2.54. The summed E-state index contributed by atoms with van der Waals surface area (Å²) in [6.07, 6.45) is 0. The molecule has 0 atom stereocenters. The molecule has 5 heteroatoms. The molecule has 0 unspecified atom stereocenters. The first-order valence-electron chi connectivity index (χ1n) is 20.2. The third-order valence-corrected chi connectivity index (χ3v) is 14.8. The summed E-state index contributed by atoms with van der Waals surface area (Å²) in [5.41, 5.74) is 13.8. The van der Waals surface area contributed by atoms with Crippen LogP contribution in [-0.2, 0) is 0 Å². The van der Waals surface area contributed by atoms with Crippen molar-refractivity contribution in [3.8, 4) is 22.3 Å². The van der Waals surface area contributed by atoms with Crippen molar-refractivity contribution >= 4 is 120 Å². The zero-order valence-electron chi connectivity index (χ0n) is 31.8. The molecule has 0 saturated carbocycles. The molecule has 274 valence electrons. The van der Waals surface area contributed by atoms with Gasteiger partial charge in [-0.1, -0.05) is 176 Å². The largest absolute Gasteiger partial charge is 0.309 e. The smallest absolute Gasteiger partial charge is 0.266 e. The van der Waals surface area contributed by atoms with Gasteiger partial charge in [-0.05, 0) is 62.5 Å². The van der Waals surface area contributed by atoms with Gasteiger partial charge in [-0.2, -0.15) is 0 Å². The van der Waals surface area contributed by atoms with E-state index in [0.29, 0.717) is 0 Å². The van der Waals surface area contributed by atoms with E-state index >= 15 is 0 Å². The fourth-order valence-electron chi connectivity index (χ4n) is 9.99. The Kier molecular flexibility index (Phi) is 7.18. The van der Waals surface area contributed by atoms with Crippen LogP contribution in [0.2, 0.25) is 0 Å². The van der Waals surface area contributed by atoms with Crippen LogP contribution < -0.4 is 25.5 Å². The zero-order valence-corrected chi connectivity index (χ0v) is 33.5. The van der Waals surface area contributed by atoms with Crippen molar-refractivity contribution in [1.82, 2.24) is 0 Å². The summed E-state index contributed by atoms with van der Waals surface area (Å²) in [6, 6.07) is 74.1. The van der Waals surface area contributed by atoms with E-state index in [1.165, 1.54) is 113 Å². The average molecular weight is 785 g/mol. The Morgan fingerprint density at radius 2 is 0.831 bits per heavy atom. The molecule has 0 N–H and O–H groups in total. The Balaban J connectivity index is 1.21. The number of hydrogen-bond donors (Lipinski definition) is 0. The molecule has 2 aromatic heterocycles. The Labute approximate surface area is 350 Å². The monoisotopic (exact) mass is 784 g/mol. The van der Waals surface area contributed by atoms with Gasteiger partial charge in [0.1, 0.15) is 0 Å². The van der Waals surface area contributed by atoms with Gasteiger partial charge >= 0.3 is 0 Å². The molecule has 11 aromatic rings. The van der Waals surface area contributed by atoms with Crippen molar-refractivity contribution in [2.75, 3.05) is 9.80 Å². The first-order chi connectivity index (χ1) is 29.3. The molecular weight excluding hydrogens is 752 g/mol. The highest BCUT2D eigenvalue weighted by Gasteiger charge is 2.47. The van der Waals surface area contributed by atoms with E-state index in [4.69, 9.17) is 0 Å². The van der Waals surface area contributed by atoms with Gasteiger partial charge in [-0.15, -0.1) is 22.7 Å². The molecule has 0 amide bonds. The third-order valence-electron chi connectivity index (χ3n) is 12.4. The summed E-state index contributed by atoms with van der Waals surface area (Å²) in [5.74, 6) is 0. The van der Waals surface area contributed by atoms with Crippen LogP contribution in [0.5, 0.6) is 0 Å². The molecule has 0 aliphatic carbocycles. The summed E-state index contributed by atoms with van der Waals surface area (Å²) >= 11 is 3.89. The van der Waals surface area contributed by atoms with Crippen molar-refractivity contribution in [2.45, 2.75) is 0 Å². The van der Waals surface area contributed by atoms with Gasteiger partial charge in [0.05, 0.1) is 22.1 Å². The minimum atomic E-state index is 0.0394. The molecule has 4 heterocycles. The summed E-state index contributed by atoms with van der Waals surface area (Å²) in [4.78, 5) is 5.28. The number of fused-ring (bicyclic) bond motifs is 10. The molecule has 13 rings (SSSR count). The fraction of sp³-hybridized carbons (Fsp3) is 0. The van der Waals surface area contributed by atoms with E-state index in [1.807, 2.05) is 22.7 Å². The van der Waals surface area contributed by atoms with E-state index in [1.54, 1.807) is 0 Å². The van der Waals surface area contributed by atoms with Gasteiger partial charge in [-0.25, -0.2) is 0 Å². The second-order valence-corrected chi connectivity index (χ2v) is 17.7. The standard InChI is InChI=1S/C54H33BN2S2/c1-3-16-34(17-4-1)40-32-30-36-20-7-9-22-38(36)50(40)56-44-26-15-27-45-49(44)55(53-52(56)43-25-12-14-29-47(43)58-53)48-42-24-11-13-28-46(42)59-54(48)57(45)51-39-23-10-8-21-37(39)31-33-41(51)35-18-5-2-6-19-35/h1-33H. The van der Waals surface area contributed by atoms with E-state index in [-0.39, 0.29) is 6.71 Å². The number of hydrogen-bond acceptors (Lipinski definition) is 4. The lowest BCUT2D eigenvalue weighted by Crippen LogP contribution is -2.60. The van der Waals surface area contributed by atoms with Crippen molar-refractivity contribution in [3.63, 3.8) is 0 Å². The molecule has 0 radical (unpaired) electrons. The maximum absolute atomic E-state index is 2.65. The summed E-state index contributed by atoms with van der Waals surface area (Å²) < 4.78 is 4.01. The third kappa shape index (κ3) is 4.74. The molecule has 9 aromatic carbocycles. The maximum atomic E-state index is 2.65. The molecular formula is C54H33BN2S2. The number of benzene rings is 9. The predicted molar refractivity (Wildman–Crippen MR) is 257 cm³/mol. The van der Waals surface area contributed by atoms with Crippen LogP contribution in [-0.4, -0.2) is 6.71 Å². The van der Waals surface area contributed by atoms with E-state index in [9.17, 15) is 0 Å². The van der Waals surface area contributed by atoms with Gasteiger partial charge in [0.25, 0.3) is 6.71 Å². The van der Waals surface area contributed by atoms with Crippen molar-refractivity contribution < 1.29 is 0 Å². The SMILES string of the molecule is c1ccc(-c2ccc3ccccc3c2N2c3cccc4c3B(c3sc5ccccc5c3N4c3c(-c4ccccc4)ccc4ccccc34)c3c2sc2ccccc32)cc1. The first-order valence-corrected chi connectivity index (χ1v) is 21.9. The second-order valence-electron chi connectivity index (χ2n) is 15.5. The molecule has 2 aliphatic heterocycles. The van der Waals surface area contributed by atoms with Gasteiger partial charge in [0, 0.05) is 52.8 Å². The lowest BCUT2D eigenvalue weighted by atomic mass is 9.36. The van der Waals surface area contributed by atoms with E-state index in [0.717, 1.165) is 0 Å². The first kappa shape index (κ1) is 33.1. The van der Waals surface area contributed by atoms with E-state index < -0.39 is 0 Å². The van der Waals surface area contributed by atoms with Gasteiger partial charge in [0.2, 0.25) is 0 Å². The summed E-state index contributed by atoms with van der Waals surface area (Å²) in [7, 11) is 0. The maximum Gasteiger partial charge on any atom is 0.266 e. The fourth-order valence-corrected chi connectivity index (χ4v) is 12.6. The van der Waals surface area contributed by atoms with Crippen molar-refractivity contribution in [3.05, 3.63) is 200 Å². The van der Waals surface area contributed by atoms with Crippen LogP contribution >= 0.6 is 22.7 Å². The topological polar surface area (TPSA) is 6.48 Å². The normalized spacial score (nSPS) is 13.0. The van der Waals surface area contributed by atoms with Crippen LogP contribution in [0.15, 0.2) is 200 Å². The second kappa shape index (κ2) is 12.8. The van der Waals surface area contributed by atoms with Crippen LogP contribution in [0.3, 0.4) is 0 Å². The van der Waals surface area contributed by atoms with Crippen molar-refractivity contribution in [2.24, 2.45) is 0 Å². The highest BCUT2D eigenvalue weighted by molar-refractivity contribution is 7.35. The highest BCUT2D eigenvalue weighted by atomic mass is 32.1. The summed E-state index contributed by atoms with van der Waals surface area (Å²) in [5, 5.41) is 8.85. The predicted octanol–water partition coefficient (Wildman–Crippen LogP) is 13.8.